The van der Waals surface area contributed by atoms with Crippen molar-refractivity contribution in [3.05, 3.63) is 71.6 Å². The van der Waals surface area contributed by atoms with E-state index in [0.717, 1.165) is 17.1 Å². The molecule has 2 aromatic carbocycles. The van der Waals surface area contributed by atoms with Crippen LogP contribution in [0, 0.1) is 12.7 Å². The topological polar surface area (TPSA) is 86.2 Å². The van der Waals surface area contributed by atoms with E-state index in [-0.39, 0.29) is 24.4 Å². The van der Waals surface area contributed by atoms with E-state index in [1.165, 1.54) is 12.1 Å². The second-order valence-corrected chi connectivity index (χ2v) is 7.28. The first-order valence-corrected chi connectivity index (χ1v) is 9.34. The monoisotopic (exact) mass is 382 g/mol. The number of aliphatic hydroxyl groups excluding tert-OH is 1. The van der Waals surface area contributed by atoms with Crippen LogP contribution in [-0.2, 0) is 6.61 Å². The summed E-state index contributed by atoms with van der Waals surface area (Å²) in [7, 11) is 0. The molecule has 3 aromatic rings. The Balaban J connectivity index is 1.62. The number of nitrogens with two attached hydrogens (primary N) is 1. The Morgan fingerprint density at radius 3 is 2.68 bits per heavy atom. The quantitative estimate of drug-likeness (QED) is 0.709. The third-order valence-corrected chi connectivity index (χ3v) is 5.06. The first kappa shape index (κ1) is 18.6. The van der Waals surface area contributed by atoms with Gasteiger partial charge in [0.1, 0.15) is 24.0 Å². The van der Waals surface area contributed by atoms with Gasteiger partial charge in [-0.05, 0) is 44.0 Å². The van der Waals surface area contributed by atoms with E-state index in [9.17, 15) is 9.50 Å². The minimum absolute atomic E-state index is 0.0155. The van der Waals surface area contributed by atoms with Crippen molar-refractivity contribution in [3.63, 3.8) is 0 Å². The van der Waals surface area contributed by atoms with Gasteiger partial charge in [0.05, 0.1) is 11.8 Å². The van der Waals surface area contributed by atoms with Gasteiger partial charge in [-0.1, -0.05) is 23.8 Å². The van der Waals surface area contributed by atoms with Gasteiger partial charge in [-0.2, -0.15) is 0 Å². The molecule has 4 rings (SSSR count). The Kier molecular flexibility index (Phi) is 5.11. The maximum Gasteiger partial charge on any atom is 0.188 e. The number of benzene rings is 2. The minimum Gasteiger partial charge on any atom is -0.485 e. The summed E-state index contributed by atoms with van der Waals surface area (Å²) in [6.07, 6.45) is 0.659. The predicted molar refractivity (Wildman–Crippen MR) is 103 cm³/mol. The normalized spacial score (nSPS) is 21.8. The number of hydrogen-bond donors (Lipinski definition) is 2. The van der Waals surface area contributed by atoms with Crippen LogP contribution in [0.1, 0.15) is 36.0 Å². The van der Waals surface area contributed by atoms with Gasteiger partial charge in [-0.15, -0.1) is 5.10 Å². The van der Waals surface area contributed by atoms with Crippen LogP contribution in [-0.4, -0.2) is 32.0 Å². The van der Waals surface area contributed by atoms with Crippen LogP contribution in [0.4, 0.5) is 4.39 Å². The Bertz CT molecular complexity index is 947. The van der Waals surface area contributed by atoms with Crippen LogP contribution in [0.25, 0.3) is 5.69 Å². The highest BCUT2D eigenvalue weighted by atomic mass is 19.1. The summed E-state index contributed by atoms with van der Waals surface area (Å²) in [5, 5.41) is 14.7. The molecule has 0 aliphatic heterocycles. The molecule has 0 unspecified atom stereocenters. The molecule has 0 saturated heterocycles. The fourth-order valence-corrected chi connectivity index (χ4v) is 3.53. The standard InChI is InChI=1S/C21H23FN4O2/c1-13-5-7-16(8-6-13)26-21(14-9-18(23)19(27)10-14)24-20(25-26)12-28-17-4-2-3-15(22)11-17/h2-8,11,14,18-19,27H,9-10,12,23H2,1H3/t14-,18+,19+/m0/s1. The molecule has 0 amide bonds. The molecule has 146 valence electrons. The molecule has 1 aliphatic rings. The highest BCUT2D eigenvalue weighted by Crippen LogP contribution is 2.34. The maximum atomic E-state index is 13.3. The Hall–Kier alpha value is -2.77. The van der Waals surface area contributed by atoms with Crippen molar-refractivity contribution in [3.8, 4) is 11.4 Å². The zero-order valence-corrected chi connectivity index (χ0v) is 15.6. The predicted octanol–water partition coefficient (Wildman–Crippen LogP) is 2.86. The number of aryl methyl sites for hydroxylation is 1. The SMILES string of the molecule is Cc1ccc(-n2nc(COc3cccc(F)c3)nc2[C@H]2C[C@@H](N)[C@H](O)C2)cc1. The fourth-order valence-electron chi connectivity index (χ4n) is 3.53. The van der Waals surface area contributed by atoms with Gasteiger partial charge in [0.2, 0.25) is 0 Å². The van der Waals surface area contributed by atoms with Crippen molar-refractivity contribution in [2.24, 2.45) is 5.73 Å². The van der Waals surface area contributed by atoms with E-state index < -0.39 is 6.10 Å². The molecule has 6 nitrogen and oxygen atoms in total. The molecule has 0 radical (unpaired) electrons. The van der Waals surface area contributed by atoms with Gasteiger partial charge in [0.15, 0.2) is 5.82 Å². The molecule has 1 saturated carbocycles. The number of rotatable bonds is 5. The van der Waals surface area contributed by atoms with Crippen molar-refractivity contribution in [1.29, 1.82) is 0 Å². The molecule has 0 bridgehead atoms. The average Bonchev–Trinajstić information content (AvgIpc) is 3.24. The Labute approximate surface area is 162 Å². The van der Waals surface area contributed by atoms with Crippen molar-refractivity contribution in [2.45, 2.75) is 44.4 Å². The number of aromatic nitrogens is 3. The van der Waals surface area contributed by atoms with Gasteiger partial charge < -0.3 is 15.6 Å². The molecule has 0 spiro atoms. The summed E-state index contributed by atoms with van der Waals surface area (Å²) in [6, 6.07) is 13.7. The molecule has 1 fully saturated rings. The summed E-state index contributed by atoms with van der Waals surface area (Å²) in [5.74, 6) is 1.34. The molecule has 1 aliphatic carbocycles. The lowest BCUT2D eigenvalue weighted by Gasteiger charge is -2.11. The second kappa shape index (κ2) is 7.69. The van der Waals surface area contributed by atoms with Gasteiger partial charge >= 0.3 is 0 Å². The zero-order chi connectivity index (χ0) is 19.7. The minimum atomic E-state index is -0.542. The Morgan fingerprint density at radius 2 is 2.00 bits per heavy atom. The van der Waals surface area contributed by atoms with E-state index in [4.69, 9.17) is 10.5 Å². The molecule has 1 aromatic heterocycles. The lowest BCUT2D eigenvalue weighted by Crippen LogP contribution is -2.28. The van der Waals surface area contributed by atoms with Crippen molar-refractivity contribution >= 4 is 0 Å². The van der Waals surface area contributed by atoms with E-state index in [0.29, 0.717) is 24.4 Å². The van der Waals surface area contributed by atoms with Crippen LogP contribution in [0.2, 0.25) is 0 Å². The summed E-state index contributed by atoms with van der Waals surface area (Å²) in [4.78, 5) is 4.66. The van der Waals surface area contributed by atoms with Crippen LogP contribution in [0.3, 0.4) is 0 Å². The van der Waals surface area contributed by atoms with E-state index >= 15 is 0 Å². The highest BCUT2D eigenvalue weighted by molar-refractivity contribution is 5.35. The van der Waals surface area contributed by atoms with Crippen LogP contribution in [0.15, 0.2) is 48.5 Å². The molecule has 1 heterocycles. The fraction of sp³-hybridized carbons (Fsp3) is 0.333. The lowest BCUT2D eigenvalue weighted by atomic mass is 10.1. The number of nitrogens with zero attached hydrogens (tertiary/aromatic N) is 3. The third-order valence-electron chi connectivity index (χ3n) is 5.06. The summed E-state index contributed by atoms with van der Waals surface area (Å²) in [5.41, 5.74) is 8.04. The first-order chi connectivity index (χ1) is 13.5. The molecule has 3 N–H and O–H groups in total. The third kappa shape index (κ3) is 3.90. The van der Waals surface area contributed by atoms with Gasteiger partial charge in [0.25, 0.3) is 0 Å². The average molecular weight is 382 g/mol. The van der Waals surface area contributed by atoms with E-state index in [1.807, 2.05) is 31.2 Å². The number of aliphatic hydroxyl groups is 1. The van der Waals surface area contributed by atoms with Gasteiger partial charge in [-0.3, -0.25) is 0 Å². The number of hydrogen-bond acceptors (Lipinski definition) is 5. The van der Waals surface area contributed by atoms with Gasteiger partial charge in [0, 0.05) is 18.0 Å². The number of ether oxygens (including phenoxy) is 1. The van der Waals surface area contributed by atoms with Gasteiger partial charge in [-0.25, -0.2) is 14.1 Å². The van der Waals surface area contributed by atoms with Crippen molar-refractivity contribution < 1.29 is 14.2 Å². The van der Waals surface area contributed by atoms with E-state index in [2.05, 4.69) is 10.1 Å². The number of halogens is 1. The summed E-state index contributed by atoms with van der Waals surface area (Å²) in [6.45, 7) is 2.15. The molecule has 7 heteroatoms. The smallest absolute Gasteiger partial charge is 0.188 e. The molecular weight excluding hydrogens is 359 g/mol. The summed E-state index contributed by atoms with van der Waals surface area (Å²) >= 11 is 0. The first-order valence-electron chi connectivity index (χ1n) is 9.34. The Morgan fingerprint density at radius 1 is 1.21 bits per heavy atom. The van der Waals surface area contributed by atoms with Crippen molar-refractivity contribution in [1.82, 2.24) is 14.8 Å². The van der Waals surface area contributed by atoms with Crippen LogP contribution < -0.4 is 10.5 Å². The largest absolute Gasteiger partial charge is 0.485 e. The summed E-state index contributed by atoms with van der Waals surface area (Å²) < 4.78 is 20.8. The lowest BCUT2D eigenvalue weighted by molar-refractivity contribution is 0.163. The highest BCUT2D eigenvalue weighted by Gasteiger charge is 2.34. The molecular formula is C21H23FN4O2. The van der Waals surface area contributed by atoms with Crippen molar-refractivity contribution in [2.75, 3.05) is 0 Å². The molecule has 3 atom stereocenters. The zero-order valence-electron chi connectivity index (χ0n) is 15.6. The molecule has 28 heavy (non-hydrogen) atoms. The van der Waals surface area contributed by atoms with Crippen LogP contribution >= 0.6 is 0 Å². The second-order valence-electron chi connectivity index (χ2n) is 7.28. The maximum absolute atomic E-state index is 13.3. The van der Waals surface area contributed by atoms with E-state index in [1.54, 1.807) is 16.8 Å². The van der Waals surface area contributed by atoms with Crippen LogP contribution in [0.5, 0.6) is 5.75 Å².